The van der Waals surface area contributed by atoms with Crippen molar-refractivity contribution in [3.8, 4) is 5.88 Å². The number of rotatable bonds is 1. The van der Waals surface area contributed by atoms with E-state index in [1.54, 1.807) is 0 Å². The molecule has 0 saturated heterocycles. The van der Waals surface area contributed by atoms with Gasteiger partial charge in [-0.05, 0) is 6.07 Å². The van der Waals surface area contributed by atoms with Crippen LogP contribution in [0.5, 0.6) is 5.88 Å². The predicted molar refractivity (Wildman–Crippen MR) is 35.5 cm³/mol. The Morgan fingerprint density at radius 1 is 1.64 bits per heavy atom. The second-order valence-corrected chi connectivity index (χ2v) is 1.91. The predicted octanol–water partition coefficient (Wildman–Crippen LogP) is 1.15. The lowest BCUT2D eigenvalue weighted by molar-refractivity contribution is -0.132. The smallest absolute Gasteiger partial charge is 0.309 e. The van der Waals surface area contributed by atoms with Crippen molar-refractivity contribution in [2.75, 3.05) is 0 Å². The van der Waals surface area contributed by atoms with Crippen molar-refractivity contribution in [2.45, 2.75) is 6.92 Å². The van der Waals surface area contributed by atoms with Crippen LogP contribution in [0.1, 0.15) is 6.92 Å². The zero-order chi connectivity index (χ0) is 8.27. The van der Waals surface area contributed by atoms with Gasteiger partial charge in [-0.3, -0.25) is 4.79 Å². The van der Waals surface area contributed by atoms with Crippen LogP contribution in [0.15, 0.2) is 18.3 Å². The van der Waals surface area contributed by atoms with Crippen molar-refractivity contribution in [1.82, 2.24) is 4.98 Å². The Morgan fingerprint density at radius 2 is 2.36 bits per heavy atom. The number of carbonyl (C=O) groups excluding carboxylic acids is 1. The summed E-state index contributed by atoms with van der Waals surface area (Å²) in [6.07, 6.45) is 0.984. The molecule has 1 aromatic rings. The van der Waals surface area contributed by atoms with Crippen molar-refractivity contribution in [3.05, 3.63) is 24.1 Å². The van der Waals surface area contributed by atoms with E-state index in [2.05, 4.69) is 9.72 Å². The third-order valence-electron chi connectivity index (χ3n) is 0.949. The fraction of sp³-hybridized carbons (Fsp3) is 0.143. The minimum absolute atomic E-state index is 0.110. The molecule has 0 saturated carbocycles. The van der Waals surface area contributed by atoms with Crippen LogP contribution in [0.2, 0.25) is 0 Å². The molecule has 0 unspecified atom stereocenters. The first-order valence-electron chi connectivity index (χ1n) is 2.98. The standard InChI is InChI=1S/C7H6FNO2/c1-5(10)11-7-3-2-6(8)4-9-7/h2-4H,1H3. The molecule has 0 bridgehead atoms. The third kappa shape index (κ3) is 2.33. The van der Waals surface area contributed by atoms with E-state index in [4.69, 9.17) is 0 Å². The average Bonchev–Trinajstić information content (AvgIpc) is 1.93. The summed E-state index contributed by atoms with van der Waals surface area (Å²) in [5.41, 5.74) is 0. The number of hydrogen-bond acceptors (Lipinski definition) is 3. The molecule has 58 valence electrons. The van der Waals surface area contributed by atoms with Gasteiger partial charge in [0.25, 0.3) is 0 Å². The van der Waals surface area contributed by atoms with Crippen LogP contribution in [0.25, 0.3) is 0 Å². The van der Waals surface area contributed by atoms with Crippen LogP contribution in [-0.4, -0.2) is 11.0 Å². The SMILES string of the molecule is CC(=O)Oc1ccc(F)cn1. The fourth-order valence-corrected chi connectivity index (χ4v) is 0.570. The van der Waals surface area contributed by atoms with Crippen LogP contribution >= 0.6 is 0 Å². The minimum atomic E-state index is -0.468. The highest BCUT2D eigenvalue weighted by Crippen LogP contribution is 2.05. The molecule has 0 spiro atoms. The molecule has 1 aromatic heterocycles. The summed E-state index contributed by atoms with van der Waals surface area (Å²) in [4.78, 5) is 13.8. The normalized spacial score (nSPS) is 9.27. The molecule has 1 rings (SSSR count). The number of carbonyl (C=O) groups is 1. The molecule has 0 fully saturated rings. The first-order chi connectivity index (χ1) is 5.18. The van der Waals surface area contributed by atoms with E-state index in [1.807, 2.05) is 0 Å². The Bertz CT molecular complexity index is 258. The van der Waals surface area contributed by atoms with Gasteiger partial charge in [0.15, 0.2) is 0 Å². The molecule has 11 heavy (non-hydrogen) atoms. The zero-order valence-electron chi connectivity index (χ0n) is 5.87. The highest BCUT2D eigenvalue weighted by molar-refractivity contribution is 5.68. The van der Waals surface area contributed by atoms with Gasteiger partial charge in [0.05, 0.1) is 6.20 Å². The summed E-state index contributed by atoms with van der Waals surface area (Å²) in [5, 5.41) is 0. The number of ether oxygens (including phenoxy) is 1. The van der Waals surface area contributed by atoms with Gasteiger partial charge < -0.3 is 4.74 Å². The van der Waals surface area contributed by atoms with Crippen LogP contribution < -0.4 is 4.74 Å². The van der Waals surface area contributed by atoms with Crippen molar-refractivity contribution in [3.63, 3.8) is 0 Å². The Balaban J connectivity index is 2.74. The molecular formula is C7H6FNO2. The van der Waals surface area contributed by atoms with Gasteiger partial charge in [0, 0.05) is 13.0 Å². The molecule has 0 atom stereocenters. The first-order valence-corrected chi connectivity index (χ1v) is 2.98. The lowest BCUT2D eigenvalue weighted by Gasteiger charge is -1.97. The van der Waals surface area contributed by atoms with E-state index >= 15 is 0 Å². The van der Waals surface area contributed by atoms with Crippen molar-refractivity contribution in [1.29, 1.82) is 0 Å². The largest absolute Gasteiger partial charge is 0.408 e. The molecule has 0 aromatic carbocycles. The van der Waals surface area contributed by atoms with E-state index in [-0.39, 0.29) is 5.88 Å². The molecule has 0 aliphatic carbocycles. The van der Waals surface area contributed by atoms with E-state index in [9.17, 15) is 9.18 Å². The average molecular weight is 155 g/mol. The Hall–Kier alpha value is -1.45. The highest BCUT2D eigenvalue weighted by Gasteiger charge is 1.97. The summed E-state index contributed by atoms with van der Waals surface area (Å²) < 4.78 is 16.8. The maximum atomic E-state index is 12.2. The summed E-state index contributed by atoms with van der Waals surface area (Å²) in [6.45, 7) is 1.25. The Morgan fingerprint density at radius 3 is 2.82 bits per heavy atom. The number of halogens is 1. The zero-order valence-corrected chi connectivity index (χ0v) is 5.87. The third-order valence-corrected chi connectivity index (χ3v) is 0.949. The van der Waals surface area contributed by atoms with Crippen LogP contribution in [0.3, 0.4) is 0 Å². The molecule has 0 aliphatic heterocycles. The van der Waals surface area contributed by atoms with Crippen molar-refractivity contribution >= 4 is 5.97 Å². The topological polar surface area (TPSA) is 39.2 Å². The van der Waals surface area contributed by atoms with E-state index in [0.717, 1.165) is 6.20 Å². The number of pyridine rings is 1. The second kappa shape index (κ2) is 3.09. The minimum Gasteiger partial charge on any atom is -0.408 e. The number of nitrogens with zero attached hydrogens (tertiary/aromatic N) is 1. The Kier molecular flexibility index (Phi) is 2.15. The molecule has 4 heteroatoms. The number of hydrogen-bond donors (Lipinski definition) is 0. The van der Waals surface area contributed by atoms with Crippen molar-refractivity contribution < 1.29 is 13.9 Å². The molecule has 3 nitrogen and oxygen atoms in total. The van der Waals surface area contributed by atoms with Gasteiger partial charge in [0.2, 0.25) is 5.88 Å². The summed E-state index contributed by atoms with van der Waals surface area (Å²) >= 11 is 0. The summed E-state index contributed by atoms with van der Waals surface area (Å²) in [7, 11) is 0. The van der Waals surface area contributed by atoms with Crippen molar-refractivity contribution in [2.24, 2.45) is 0 Å². The summed E-state index contributed by atoms with van der Waals surface area (Å²) in [5.74, 6) is -0.816. The number of aromatic nitrogens is 1. The Labute approximate surface area is 62.8 Å². The van der Waals surface area contributed by atoms with Crippen LogP contribution in [-0.2, 0) is 4.79 Å². The van der Waals surface area contributed by atoms with E-state index in [0.29, 0.717) is 0 Å². The van der Waals surface area contributed by atoms with Gasteiger partial charge in [-0.1, -0.05) is 0 Å². The molecule has 0 aliphatic rings. The molecule has 0 radical (unpaired) electrons. The first kappa shape index (κ1) is 7.65. The van der Waals surface area contributed by atoms with E-state index in [1.165, 1.54) is 19.1 Å². The van der Waals surface area contributed by atoms with Gasteiger partial charge in [-0.2, -0.15) is 0 Å². The van der Waals surface area contributed by atoms with Gasteiger partial charge >= 0.3 is 5.97 Å². The summed E-state index contributed by atoms with van der Waals surface area (Å²) in [6, 6.07) is 2.46. The lowest BCUT2D eigenvalue weighted by atomic mass is 10.5. The number of esters is 1. The maximum absolute atomic E-state index is 12.2. The van der Waals surface area contributed by atoms with E-state index < -0.39 is 11.8 Å². The maximum Gasteiger partial charge on any atom is 0.309 e. The highest BCUT2D eigenvalue weighted by atomic mass is 19.1. The van der Waals surface area contributed by atoms with Gasteiger partial charge in [0.1, 0.15) is 5.82 Å². The molecular weight excluding hydrogens is 149 g/mol. The van der Waals surface area contributed by atoms with Crippen LogP contribution in [0.4, 0.5) is 4.39 Å². The lowest BCUT2D eigenvalue weighted by Crippen LogP contribution is -2.02. The monoisotopic (exact) mass is 155 g/mol. The quantitative estimate of drug-likeness (QED) is 0.571. The van der Waals surface area contributed by atoms with Gasteiger partial charge in [-0.25, -0.2) is 9.37 Å². The fourth-order valence-electron chi connectivity index (χ4n) is 0.570. The van der Waals surface area contributed by atoms with Crippen LogP contribution in [0, 0.1) is 5.82 Å². The molecule has 0 amide bonds. The van der Waals surface area contributed by atoms with Gasteiger partial charge in [-0.15, -0.1) is 0 Å². The molecule has 0 N–H and O–H groups in total. The second-order valence-electron chi connectivity index (χ2n) is 1.91. The molecule has 1 heterocycles.